The molecule has 14 heavy (non-hydrogen) atoms. The van der Waals surface area contributed by atoms with Crippen molar-refractivity contribution in [1.29, 1.82) is 0 Å². The Balaban J connectivity index is 2.26. The quantitative estimate of drug-likeness (QED) is 0.752. The smallest absolute Gasteiger partial charge is 0.0221 e. The number of alkyl halides is 2. The maximum Gasteiger partial charge on any atom is 0.0221 e. The highest BCUT2D eigenvalue weighted by Crippen LogP contribution is 2.11. The Labute approximate surface area is 104 Å². The van der Waals surface area contributed by atoms with E-state index in [9.17, 15) is 0 Å². The van der Waals surface area contributed by atoms with E-state index in [4.69, 9.17) is 0 Å². The molecule has 4 heteroatoms. The summed E-state index contributed by atoms with van der Waals surface area (Å²) < 4.78 is 0. The zero-order chi connectivity index (χ0) is 10.2. The second-order valence-corrected chi connectivity index (χ2v) is 5.35. The average Bonchev–Trinajstić information content (AvgIpc) is 2.24. The van der Waals surface area contributed by atoms with Crippen molar-refractivity contribution in [3.05, 3.63) is 0 Å². The number of hydrogen-bond donors (Lipinski definition) is 1. The number of piperazine rings is 1. The summed E-state index contributed by atoms with van der Waals surface area (Å²) in [5.74, 6) is 0. The lowest BCUT2D eigenvalue weighted by atomic mass is 10.1. The van der Waals surface area contributed by atoms with Crippen molar-refractivity contribution in [3.63, 3.8) is 0 Å². The predicted molar refractivity (Wildman–Crippen MR) is 69.7 cm³/mol. The van der Waals surface area contributed by atoms with Gasteiger partial charge in [0.1, 0.15) is 0 Å². The van der Waals surface area contributed by atoms with Crippen molar-refractivity contribution < 1.29 is 0 Å². The summed E-state index contributed by atoms with van der Waals surface area (Å²) in [6, 6.07) is 0.764. The van der Waals surface area contributed by atoms with Gasteiger partial charge in [0.25, 0.3) is 0 Å². The minimum Gasteiger partial charge on any atom is -0.314 e. The summed E-state index contributed by atoms with van der Waals surface area (Å²) in [4.78, 5) is 2.64. The molecule has 1 rings (SSSR count). The van der Waals surface area contributed by atoms with Crippen LogP contribution < -0.4 is 5.32 Å². The van der Waals surface area contributed by atoms with Gasteiger partial charge in [0.05, 0.1) is 0 Å². The van der Waals surface area contributed by atoms with E-state index in [1.54, 1.807) is 0 Å². The van der Waals surface area contributed by atoms with Crippen molar-refractivity contribution in [1.82, 2.24) is 10.2 Å². The average molecular weight is 328 g/mol. The Morgan fingerprint density at radius 2 is 2.00 bits per heavy atom. The Hall–Kier alpha value is 0.880. The van der Waals surface area contributed by atoms with Crippen molar-refractivity contribution in [3.8, 4) is 0 Å². The van der Waals surface area contributed by atoms with Crippen LogP contribution >= 0.6 is 31.9 Å². The zero-order valence-corrected chi connectivity index (χ0v) is 11.8. The second-order valence-electron chi connectivity index (χ2n) is 3.77. The number of hydrogen-bond acceptors (Lipinski definition) is 2. The van der Waals surface area contributed by atoms with Gasteiger partial charge in [0, 0.05) is 36.3 Å². The molecular formula is C10H20Br2N2. The summed E-state index contributed by atoms with van der Waals surface area (Å²) in [6.07, 6.45) is 3.88. The molecule has 1 heterocycles. The molecule has 0 radical (unpaired) electrons. The largest absolute Gasteiger partial charge is 0.314 e. The molecule has 1 N–H and O–H groups in total. The molecule has 0 spiro atoms. The van der Waals surface area contributed by atoms with E-state index < -0.39 is 0 Å². The second kappa shape index (κ2) is 8.08. The maximum absolute atomic E-state index is 3.50. The molecule has 1 atom stereocenters. The molecular weight excluding hydrogens is 308 g/mol. The molecule has 0 aromatic carbocycles. The minimum absolute atomic E-state index is 0.764. The van der Waals surface area contributed by atoms with Crippen molar-refractivity contribution >= 4 is 31.9 Å². The highest BCUT2D eigenvalue weighted by molar-refractivity contribution is 9.09. The normalized spacial score (nSPS) is 24.0. The van der Waals surface area contributed by atoms with Crippen molar-refractivity contribution in [2.24, 2.45) is 0 Å². The van der Waals surface area contributed by atoms with Crippen LogP contribution in [-0.4, -0.2) is 47.8 Å². The lowest BCUT2D eigenvalue weighted by Crippen LogP contribution is -2.51. The summed E-state index contributed by atoms with van der Waals surface area (Å²) in [6.45, 7) is 4.81. The molecule has 1 aliphatic rings. The van der Waals surface area contributed by atoms with Gasteiger partial charge in [-0.3, -0.25) is 4.90 Å². The fraction of sp³-hybridized carbons (Fsp3) is 1.00. The van der Waals surface area contributed by atoms with Crippen LogP contribution in [0.1, 0.15) is 19.3 Å². The fourth-order valence-electron chi connectivity index (χ4n) is 1.96. The number of nitrogens with one attached hydrogen (secondary N) is 1. The molecule has 0 aromatic heterocycles. The highest BCUT2D eigenvalue weighted by atomic mass is 79.9. The first-order chi connectivity index (χ1) is 6.88. The summed E-state index contributed by atoms with van der Waals surface area (Å²) in [5.41, 5.74) is 0. The molecule has 1 saturated heterocycles. The molecule has 2 nitrogen and oxygen atoms in total. The zero-order valence-electron chi connectivity index (χ0n) is 8.64. The van der Waals surface area contributed by atoms with E-state index in [-0.39, 0.29) is 0 Å². The summed E-state index contributed by atoms with van der Waals surface area (Å²) >= 11 is 7.00. The van der Waals surface area contributed by atoms with Gasteiger partial charge < -0.3 is 5.32 Å². The van der Waals surface area contributed by atoms with Gasteiger partial charge in [-0.15, -0.1) is 0 Å². The monoisotopic (exact) mass is 326 g/mol. The first kappa shape index (κ1) is 12.9. The topological polar surface area (TPSA) is 15.3 Å². The van der Waals surface area contributed by atoms with Crippen molar-refractivity contribution in [2.45, 2.75) is 25.3 Å². The van der Waals surface area contributed by atoms with E-state index in [0.29, 0.717) is 0 Å². The summed E-state index contributed by atoms with van der Waals surface area (Å²) in [7, 11) is 0. The van der Waals surface area contributed by atoms with Crippen LogP contribution in [0.2, 0.25) is 0 Å². The lowest BCUT2D eigenvalue weighted by Gasteiger charge is -2.36. The van der Waals surface area contributed by atoms with Crippen LogP contribution in [-0.2, 0) is 0 Å². The Bertz CT molecular complexity index is 128. The van der Waals surface area contributed by atoms with Crippen molar-refractivity contribution in [2.75, 3.05) is 36.8 Å². The number of halogens is 2. The first-order valence-electron chi connectivity index (χ1n) is 5.45. The molecule has 0 amide bonds. The highest BCUT2D eigenvalue weighted by Gasteiger charge is 2.20. The van der Waals surface area contributed by atoms with Crippen LogP contribution in [0.4, 0.5) is 0 Å². The number of rotatable bonds is 6. The maximum atomic E-state index is 3.50. The van der Waals surface area contributed by atoms with Gasteiger partial charge >= 0.3 is 0 Å². The van der Waals surface area contributed by atoms with Crippen LogP contribution in [0.5, 0.6) is 0 Å². The third-order valence-corrected chi connectivity index (χ3v) is 3.84. The third kappa shape index (κ3) is 4.60. The Kier molecular flexibility index (Phi) is 7.47. The molecule has 0 bridgehead atoms. The number of nitrogens with zero attached hydrogens (tertiary/aromatic N) is 1. The van der Waals surface area contributed by atoms with Gasteiger partial charge in [-0.2, -0.15) is 0 Å². The van der Waals surface area contributed by atoms with Gasteiger partial charge in [-0.05, 0) is 25.8 Å². The van der Waals surface area contributed by atoms with Crippen LogP contribution in [0, 0.1) is 0 Å². The van der Waals surface area contributed by atoms with E-state index in [2.05, 4.69) is 42.1 Å². The molecule has 1 aliphatic heterocycles. The molecule has 0 aromatic rings. The third-order valence-electron chi connectivity index (χ3n) is 2.72. The molecule has 0 saturated carbocycles. The van der Waals surface area contributed by atoms with E-state index in [1.165, 1.54) is 38.9 Å². The summed E-state index contributed by atoms with van der Waals surface area (Å²) in [5, 5.41) is 5.74. The molecule has 1 unspecified atom stereocenters. The van der Waals surface area contributed by atoms with Crippen LogP contribution in [0.3, 0.4) is 0 Å². The Morgan fingerprint density at radius 3 is 2.71 bits per heavy atom. The Morgan fingerprint density at radius 1 is 1.21 bits per heavy atom. The lowest BCUT2D eigenvalue weighted by molar-refractivity contribution is 0.153. The van der Waals surface area contributed by atoms with Gasteiger partial charge in [-0.1, -0.05) is 31.9 Å². The predicted octanol–water partition coefficient (Wildman–Crippen LogP) is 2.22. The van der Waals surface area contributed by atoms with E-state index in [0.717, 1.165) is 23.2 Å². The SMILES string of the molecule is BrCCCC1CNCCN1CCCBr. The van der Waals surface area contributed by atoms with Gasteiger partial charge in [0.15, 0.2) is 0 Å². The molecule has 0 aliphatic carbocycles. The van der Waals surface area contributed by atoms with E-state index >= 15 is 0 Å². The minimum atomic E-state index is 0.764. The van der Waals surface area contributed by atoms with Gasteiger partial charge in [-0.25, -0.2) is 0 Å². The van der Waals surface area contributed by atoms with Crippen LogP contribution in [0.15, 0.2) is 0 Å². The fourth-order valence-corrected chi connectivity index (χ4v) is 2.53. The standard InChI is InChI=1S/C10H20Br2N2/c11-4-1-3-10-9-13-6-8-14(10)7-2-5-12/h10,13H,1-9H2. The van der Waals surface area contributed by atoms with Gasteiger partial charge in [0.2, 0.25) is 0 Å². The van der Waals surface area contributed by atoms with Crippen LogP contribution in [0.25, 0.3) is 0 Å². The first-order valence-corrected chi connectivity index (χ1v) is 7.69. The molecule has 1 fully saturated rings. The van der Waals surface area contributed by atoms with E-state index in [1.807, 2.05) is 0 Å². The molecule has 84 valence electrons.